The fourth-order valence-corrected chi connectivity index (χ4v) is 1.84. The van der Waals surface area contributed by atoms with Gasteiger partial charge in [-0.25, -0.2) is 14.6 Å². The number of nitrogens with one attached hydrogen (secondary N) is 3. The molecule has 0 unspecified atom stereocenters. The molecule has 0 aliphatic carbocycles. The Kier molecular flexibility index (Phi) is 5.08. The summed E-state index contributed by atoms with van der Waals surface area (Å²) in [5, 5.41) is 2.60. The topological polar surface area (TPSA) is 70.2 Å². The second-order valence-corrected chi connectivity index (χ2v) is 4.80. The molecule has 0 aliphatic heterocycles. The molecule has 3 amide bonds. The third-order valence-corrected chi connectivity index (χ3v) is 2.87. The van der Waals surface area contributed by atoms with Gasteiger partial charge in [-0.15, -0.1) is 0 Å². The number of hydrazine groups is 1. The second-order valence-electron chi connectivity index (χ2n) is 4.80. The predicted molar refractivity (Wildman–Crippen MR) is 81.6 cm³/mol. The van der Waals surface area contributed by atoms with Crippen LogP contribution in [0.25, 0.3) is 0 Å². The molecule has 0 heterocycles. The number of urea groups is 1. The van der Waals surface area contributed by atoms with Gasteiger partial charge < -0.3 is 5.32 Å². The van der Waals surface area contributed by atoms with Gasteiger partial charge in [-0.2, -0.15) is 0 Å². The SMILES string of the molecule is Cc1cccc(NC(=O)NNC(=O)Cc2ccc(F)cc2)c1. The average molecular weight is 301 g/mol. The van der Waals surface area contributed by atoms with Crippen molar-refractivity contribution in [1.29, 1.82) is 0 Å². The third kappa shape index (κ3) is 4.90. The van der Waals surface area contributed by atoms with Crippen molar-refractivity contribution in [2.45, 2.75) is 13.3 Å². The molecule has 3 N–H and O–H groups in total. The Morgan fingerprint density at radius 1 is 1.05 bits per heavy atom. The summed E-state index contributed by atoms with van der Waals surface area (Å²) in [7, 11) is 0. The molecule has 0 saturated heterocycles. The van der Waals surface area contributed by atoms with Gasteiger partial charge in [0.25, 0.3) is 0 Å². The molecule has 6 heteroatoms. The second kappa shape index (κ2) is 7.21. The fourth-order valence-electron chi connectivity index (χ4n) is 1.84. The normalized spacial score (nSPS) is 9.91. The number of anilines is 1. The van der Waals surface area contributed by atoms with E-state index in [9.17, 15) is 14.0 Å². The zero-order valence-electron chi connectivity index (χ0n) is 12.0. The van der Waals surface area contributed by atoms with Crippen molar-refractivity contribution in [2.24, 2.45) is 0 Å². The van der Waals surface area contributed by atoms with Crippen LogP contribution in [0.2, 0.25) is 0 Å². The minimum atomic E-state index is -0.543. The van der Waals surface area contributed by atoms with Crippen LogP contribution in [0.4, 0.5) is 14.9 Å². The third-order valence-electron chi connectivity index (χ3n) is 2.87. The molecule has 0 bridgehead atoms. The van der Waals surface area contributed by atoms with E-state index >= 15 is 0 Å². The van der Waals surface area contributed by atoms with E-state index < -0.39 is 11.9 Å². The number of halogens is 1. The molecule has 2 aromatic carbocycles. The van der Waals surface area contributed by atoms with E-state index in [0.717, 1.165) is 5.56 Å². The number of carbonyl (C=O) groups is 2. The first-order valence-corrected chi connectivity index (χ1v) is 6.70. The van der Waals surface area contributed by atoms with Crippen LogP contribution in [0.3, 0.4) is 0 Å². The zero-order chi connectivity index (χ0) is 15.9. The highest BCUT2D eigenvalue weighted by molar-refractivity contribution is 5.91. The average Bonchev–Trinajstić information content (AvgIpc) is 2.48. The van der Waals surface area contributed by atoms with Crippen LogP contribution in [0.1, 0.15) is 11.1 Å². The highest BCUT2D eigenvalue weighted by Gasteiger charge is 2.06. The standard InChI is InChI=1S/C16H16FN3O2/c1-11-3-2-4-14(9-11)18-16(22)20-19-15(21)10-12-5-7-13(17)8-6-12/h2-9H,10H2,1H3,(H,19,21)(H2,18,20,22). The van der Waals surface area contributed by atoms with Crippen LogP contribution < -0.4 is 16.2 Å². The van der Waals surface area contributed by atoms with E-state index in [1.165, 1.54) is 24.3 Å². The summed E-state index contributed by atoms with van der Waals surface area (Å²) in [5.41, 5.74) is 6.84. The van der Waals surface area contributed by atoms with E-state index in [2.05, 4.69) is 16.2 Å². The summed E-state index contributed by atoms with van der Waals surface area (Å²) in [6.45, 7) is 1.91. The van der Waals surface area contributed by atoms with Crippen molar-refractivity contribution < 1.29 is 14.0 Å². The van der Waals surface area contributed by atoms with Crippen LogP contribution in [0, 0.1) is 12.7 Å². The summed E-state index contributed by atoms with van der Waals surface area (Å²) >= 11 is 0. The van der Waals surface area contributed by atoms with Crippen molar-refractivity contribution in [3.05, 3.63) is 65.5 Å². The van der Waals surface area contributed by atoms with E-state index in [0.29, 0.717) is 11.3 Å². The first-order chi connectivity index (χ1) is 10.5. The molecule has 2 aromatic rings. The molecule has 0 aromatic heterocycles. The molecular formula is C16H16FN3O2. The maximum atomic E-state index is 12.7. The molecule has 0 radical (unpaired) electrons. The summed E-state index contributed by atoms with van der Waals surface area (Å²) in [4.78, 5) is 23.3. The fraction of sp³-hybridized carbons (Fsp3) is 0.125. The molecule has 0 saturated carbocycles. The lowest BCUT2D eigenvalue weighted by molar-refractivity contribution is -0.121. The maximum absolute atomic E-state index is 12.7. The van der Waals surface area contributed by atoms with Crippen molar-refractivity contribution >= 4 is 17.6 Å². The van der Waals surface area contributed by atoms with Crippen LogP contribution in [-0.4, -0.2) is 11.9 Å². The monoisotopic (exact) mass is 301 g/mol. The van der Waals surface area contributed by atoms with Crippen LogP contribution in [-0.2, 0) is 11.2 Å². The highest BCUT2D eigenvalue weighted by atomic mass is 19.1. The number of carbonyl (C=O) groups excluding carboxylic acids is 2. The number of hydrogen-bond acceptors (Lipinski definition) is 2. The minimum absolute atomic E-state index is 0.0466. The van der Waals surface area contributed by atoms with Gasteiger partial charge in [0.1, 0.15) is 5.82 Å². The van der Waals surface area contributed by atoms with Gasteiger partial charge in [0.15, 0.2) is 0 Å². The lowest BCUT2D eigenvalue weighted by Gasteiger charge is -2.09. The molecule has 0 spiro atoms. The molecule has 2 rings (SSSR count). The van der Waals surface area contributed by atoms with Gasteiger partial charge in [-0.3, -0.25) is 10.2 Å². The van der Waals surface area contributed by atoms with Crippen LogP contribution in [0.5, 0.6) is 0 Å². The molecular weight excluding hydrogens is 285 g/mol. The Morgan fingerprint density at radius 2 is 1.77 bits per heavy atom. The number of amides is 3. The lowest BCUT2D eigenvalue weighted by atomic mass is 10.1. The van der Waals surface area contributed by atoms with Crippen molar-refractivity contribution in [2.75, 3.05) is 5.32 Å². The Hall–Kier alpha value is -2.89. The van der Waals surface area contributed by atoms with Crippen LogP contribution >= 0.6 is 0 Å². The summed E-state index contributed by atoms with van der Waals surface area (Å²) in [5.74, 6) is -0.759. The van der Waals surface area contributed by atoms with Gasteiger partial charge >= 0.3 is 6.03 Å². The summed E-state index contributed by atoms with van der Waals surface area (Å²) in [6, 6.07) is 12.3. The molecule has 0 atom stereocenters. The number of rotatable bonds is 3. The Morgan fingerprint density at radius 3 is 2.45 bits per heavy atom. The van der Waals surface area contributed by atoms with Crippen molar-refractivity contribution in [3.63, 3.8) is 0 Å². The first kappa shape index (κ1) is 15.5. The van der Waals surface area contributed by atoms with Gasteiger partial charge in [-0.1, -0.05) is 24.3 Å². The molecule has 5 nitrogen and oxygen atoms in total. The number of hydrogen-bond donors (Lipinski definition) is 3. The molecule has 114 valence electrons. The molecule has 22 heavy (non-hydrogen) atoms. The highest BCUT2D eigenvalue weighted by Crippen LogP contribution is 2.08. The Labute approximate surface area is 127 Å². The quantitative estimate of drug-likeness (QED) is 0.762. The first-order valence-electron chi connectivity index (χ1n) is 6.70. The maximum Gasteiger partial charge on any atom is 0.337 e. The van der Waals surface area contributed by atoms with Gasteiger partial charge in [-0.05, 0) is 42.3 Å². The van der Waals surface area contributed by atoms with E-state index in [1.54, 1.807) is 12.1 Å². The smallest absolute Gasteiger partial charge is 0.307 e. The molecule has 0 fully saturated rings. The minimum Gasteiger partial charge on any atom is -0.307 e. The lowest BCUT2D eigenvalue weighted by Crippen LogP contribution is -2.44. The van der Waals surface area contributed by atoms with E-state index in [1.807, 2.05) is 19.1 Å². The number of aryl methyl sites for hydroxylation is 1. The van der Waals surface area contributed by atoms with Crippen molar-refractivity contribution in [1.82, 2.24) is 10.9 Å². The Bertz CT molecular complexity index is 671. The van der Waals surface area contributed by atoms with E-state index in [4.69, 9.17) is 0 Å². The van der Waals surface area contributed by atoms with Gasteiger partial charge in [0.05, 0.1) is 6.42 Å². The van der Waals surface area contributed by atoms with Gasteiger partial charge in [0, 0.05) is 5.69 Å². The summed E-state index contributed by atoms with van der Waals surface area (Å²) in [6.07, 6.45) is 0.0466. The number of benzene rings is 2. The molecule has 0 aliphatic rings. The van der Waals surface area contributed by atoms with Gasteiger partial charge in [0.2, 0.25) is 5.91 Å². The predicted octanol–water partition coefficient (Wildman–Crippen LogP) is 2.53. The van der Waals surface area contributed by atoms with Crippen molar-refractivity contribution in [3.8, 4) is 0 Å². The summed E-state index contributed by atoms with van der Waals surface area (Å²) < 4.78 is 12.7. The Balaban J connectivity index is 1.78. The zero-order valence-corrected chi connectivity index (χ0v) is 12.0. The largest absolute Gasteiger partial charge is 0.337 e. The van der Waals surface area contributed by atoms with E-state index in [-0.39, 0.29) is 12.2 Å². The van der Waals surface area contributed by atoms with Crippen LogP contribution in [0.15, 0.2) is 48.5 Å².